The minimum absolute atomic E-state index is 0.419. The van der Waals surface area contributed by atoms with Crippen LogP contribution in [-0.2, 0) is 52.2 Å². The number of carbonyl (C=O) groups excluding carboxylic acids is 2. The second kappa shape index (κ2) is 14.6. The molecule has 260 valence electrons. The van der Waals surface area contributed by atoms with Crippen LogP contribution in [0, 0.1) is 0 Å². The molecule has 4 aliphatic heterocycles. The van der Waals surface area contributed by atoms with Crippen molar-refractivity contribution in [2.45, 2.75) is 132 Å². The second-order valence-electron chi connectivity index (χ2n) is 11.5. The third kappa shape index (κ3) is 7.74. The Hall–Kier alpha value is -1.66. The number of carbonyl (C=O) groups is 2. The highest BCUT2D eigenvalue weighted by atomic mass is 16.8. The smallest absolute Gasteiger partial charge is 0.303 e. The zero-order valence-corrected chi connectivity index (χ0v) is 24.9. The highest BCUT2D eigenvalue weighted by Gasteiger charge is 2.56. The lowest BCUT2D eigenvalue weighted by atomic mass is 9.96. The maximum Gasteiger partial charge on any atom is 0.303 e. The van der Waals surface area contributed by atoms with Crippen LogP contribution >= 0.6 is 0 Å². The first-order chi connectivity index (χ1) is 21.1. The summed E-state index contributed by atoms with van der Waals surface area (Å²) in [5.74, 6) is -1.57. The number of hydrogen-bond donors (Lipinski definition) is 8. The van der Waals surface area contributed by atoms with Crippen molar-refractivity contribution in [2.24, 2.45) is 0 Å². The fourth-order valence-corrected chi connectivity index (χ4v) is 5.53. The molecule has 0 aromatic heterocycles. The molecule has 0 spiro atoms. The van der Waals surface area contributed by atoms with Crippen LogP contribution in [0.3, 0.4) is 0 Å². The Kier molecular flexibility index (Phi) is 11.8. The number of aliphatic hydroxyl groups is 8. The zero-order chi connectivity index (χ0) is 33.4. The van der Waals surface area contributed by atoms with Gasteiger partial charge in [-0.2, -0.15) is 0 Å². The summed E-state index contributed by atoms with van der Waals surface area (Å²) in [5.41, 5.74) is -2.11. The summed E-state index contributed by atoms with van der Waals surface area (Å²) < 4.78 is 50.1. The molecule has 4 heterocycles. The van der Waals surface area contributed by atoms with Gasteiger partial charge in [-0.1, -0.05) is 0 Å². The summed E-state index contributed by atoms with van der Waals surface area (Å²) in [6.45, 7) is 3.22. The Morgan fingerprint density at radius 1 is 0.711 bits per heavy atom. The summed E-state index contributed by atoms with van der Waals surface area (Å²) in [6, 6.07) is 0. The van der Waals surface area contributed by atoms with Crippen molar-refractivity contribution in [3.8, 4) is 0 Å². The standard InChI is InChI=1S/C26H42O19/c1-8-17(41-10(3)28)19(42-11(4)29)20(22(35)39-8)45-24-15(33)18(44-25-21(34)26(36,6-27)7-38-25)16(9(2)40-24)43-23-14(32)13(31)12(30)5-37-23/h8-9,12-25,27,30-36H,5-7H2,1-4H3/t8-,9+,12-,13+,14-,15-,16+,17+,18+,19+,20-,21+,22-,23+,24+,25+,26-/m1/s1. The predicted molar refractivity (Wildman–Crippen MR) is 138 cm³/mol. The maximum absolute atomic E-state index is 12.0. The van der Waals surface area contributed by atoms with E-state index in [1.165, 1.54) is 13.8 Å². The molecular formula is C26H42O19. The van der Waals surface area contributed by atoms with Crippen molar-refractivity contribution in [1.29, 1.82) is 0 Å². The quantitative estimate of drug-likeness (QED) is 0.107. The fourth-order valence-electron chi connectivity index (χ4n) is 5.53. The number of hydrogen-bond acceptors (Lipinski definition) is 19. The van der Waals surface area contributed by atoms with Gasteiger partial charge in [-0.15, -0.1) is 0 Å². The minimum atomic E-state index is -2.11. The van der Waals surface area contributed by atoms with Crippen molar-refractivity contribution in [1.82, 2.24) is 0 Å². The molecule has 8 N–H and O–H groups in total. The van der Waals surface area contributed by atoms with Gasteiger partial charge >= 0.3 is 11.9 Å². The van der Waals surface area contributed by atoms with Gasteiger partial charge in [0.2, 0.25) is 0 Å². The van der Waals surface area contributed by atoms with Crippen LogP contribution < -0.4 is 0 Å². The van der Waals surface area contributed by atoms with Gasteiger partial charge < -0.3 is 83.5 Å². The summed E-state index contributed by atoms with van der Waals surface area (Å²) in [5, 5.41) is 83.2. The molecule has 17 atom stereocenters. The van der Waals surface area contributed by atoms with E-state index in [0.717, 1.165) is 13.8 Å². The van der Waals surface area contributed by atoms with E-state index >= 15 is 0 Å². The van der Waals surface area contributed by atoms with E-state index < -0.39 is 136 Å². The van der Waals surface area contributed by atoms with Crippen LogP contribution in [0.2, 0.25) is 0 Å². The molecule has 0 saturated carbocycles. The third-order valence-corrected chi connectivity index (χ3v) is 8.01. The summed E-state index contributed by atoms with van der Waals surface area (Å²) >= 11 is 0. The van der Waals surface area contributed by atoms with Crippen LogP contribution in [-0.4, -0.2) is 177 Å². The number of ether oxygens (including phenoxy) is 9. The first-order valence-corrected chi connectivity index (χ1v) is 14.3. The van der Waals surface area contributed by atoms with Gasteiger partial charge in [0.1, 0.15) is 48.3 Å². The van der Waals surface area contributed by atoms with Crippen molar-refractivity contribution in [3.05, 3.63) is 0 Å². The molecule has 4 aliphatic rings. The average Bonchev–Trinajstić information content (AvgIpc) is 3.25. The number of aliphatic hydroxyl groups excluding tert-OH is 7. The first-order valence-electron chi connectivity index (χ1n) is 14.3. The van der Waals surface area contributed by atoms with Crippen LogP contribution in [0.4, 0.5) is 0 Å². The lowest BCUT2D eigenvalue weighted by Gasteiger charge is -2.48. The van der Waals surface area contributed by atoms with E-state index in [1.807, 2.05) is 0 Å². The minimum Gasteiger partial charge on any atom is -0.456 e. The molecule has 0 bridgehead atoms. The van der Waals surface area contributed by atoms with Crippen LogP contribution in [0.1, 0.15) is 27.7 Å². The van der Waals surface area contributed by atoms with Gasteiger partial charge in [0.15, 0.2) is 43.5 Å². The molecule has 4 saturated heterocycles. The highest BCUT2D eigenvalue weighted by molar-refractivity contribution is 5.67. The van der Waals surface area contributed by atoms with Crippen molar-refractivity contribution in [2.75, 3.05) is 19.8 Å². The van der Waals surface area contributed by atoms with Crippen LogP contribution in [0.5, 0.6) is 0 Å². The van der Waals surface area contributed by atoms with E-state index in [2.05, 4.69) is 0 Å². The molecule has 0 radical (unpaired) electrons. The molecular weight excluding hydrogens is 616 g/mol. The molecule has 0 aromatic carbocycles. The van der Waals surface area contributed by atoms with Gasteiger partial charge in [-0.25, -0.2) is 0 Å². The molecule has 0 aromatic rings. The topological polar surface area (TPSA) is 279 Å². The Labute approximate surface area is 257 Å². The monoisotopic (exact) mass is 658 g/mol. The van der Waals surface area contributed by atoms with Gasteiger partial charge in [-0.3, -0.25) is 9.59 Å². The first kappa shape index (κ1) is 36.2. The fraction of sp³-hybridized carbons (Fsp3) is 0.923. The summed E-state index contributed by atoms with van der Waals surface area (Å²) in [6.07, 6.45) is -24.6. The number of esters is 2. The van der Waals surface area contributed by atoms with Gasteiger partial charge in [0.05, 0.1) is 32.0 Å². The SMILES string of the molecule is CC(=O)O[C@@H]1[C@@H](O[C@@H]2O[C@@H](C)[C@H](O[C@@H]3OC[C@@H](O)[C@H](O)[C@H]3O)[C@@H](O[C@@H]3OC[C@](O)(CO)[C@H]3O)[C@H]2O)[C@H](O)O[C@H](C)[C@@H]1OC(C)=O. The lowest BCUT2D eigenvalue weighted by Crippen LogP contribution is -2.66. The van der Waals surface area contributed by atoms with E-state index in [1.54, 1.807) is 0 Å². The maximum atomic E-state index is 12.0. The Morgan fingerprint density at radius 3 is 1.89 bits per heavy atom. The molecule has 0 unspecified atom stereocenters. The van der Waals surface area contributed by atoms with Gasteiger partial charge in [-0.05, 0) is 13.8 Å². The molecule has 4 rings (SSSR count). The van der Waals surface area contributed by atoms with Gasteiger partial charge in [0.25, 0.3) is 0 Å². The normalized spacial score (nSPS) is 49.0. The van der Waals surface area contributed by atoms with E-state index in [-0.39, 0.29) is 0 Å². The number of rotatable bonds is 9. The third-order valence-electron chi connectivity index (χ3n) is 8.01. The summed E-state index contributed by atoms with van der Waals surface area (Å²) in [7, 11) is 0. The van der Waals surface area contributed by atoms with Crippen molar-refractivity contribution < 1.29 is 93.1 Å². The van der Waals surface area contributed by atoms with Crippen molar-refractivity contribution >= 4 is 11.9 Å². The Bertz CT molecular complexity index is 1020. The average molecular weight is 659 g/mol. The second-order valence-corrected chi connectivity index (χ2v) is 11.5. The highest BCUT2D eigenvalue weighted by Crippen LogP contribution is 2.36. The molecule has 0 aliphatic carbocycles. The van der Waals surface area contributed by atoms with E-state index in [9.17, 15) is 50.4 Å². The molecule has 45 heavy (non-hydrogen) atoms. The van der Waals surface area contributed by atoms with Crippen molar-refractivity contribution in [3.63, 3.8) is 0 Å². The predicted octanol–water partition coefficient (Wildman–Crippen LogP) is -5.27. The molecule has 4 fully saturated rings. The van der Waals surface area contributed by atoms with E-state index in [4.69, 9.17) is 42.6 Å². The van der Waals surface area contributed by atoms with Gasteiger partial charge in [0, 0.05) is 13.8 Å². The van der Waals surface area contributed by atoms with E-state index in [0.29, 0.717) is 0 Å². The Morgan fingerprint density at radius 2 is 1.29 bits per heavy atom. The Balaban J connectivity index is 1.61. The zero-order valence-electron chi connectivity index (χ0n) is 24.9. The molecule has 19 nitrogen and oxygen atoms in total. The van der Waals surface area contributed by atoms with Crippen LogP contribution in [0.15, 0.2) is 0 Å². The van der Waals surface area contributed by atoms with Crippen LogP contribution in [0.25, 0.3) is 0 Å². The molecule has 19 heteroatoms. The lowest BCUT2D eigenvalue weighted by molar-refractivity contribution is -0.383. The summed E-state index contributed by atoms with van der Waals surface area (Å²) in [4.78, 5) is 23.8. The largest absolute Gasteiger partial charge is 0.456 e. The molecule has 0 amide bonds.